The van der Waals surface area contributed by atoms with Crippen molar-refractivity contribution in [1.29, 1.82) is 0 Å². The zero-order valence-electron chi connectivity index (χ0n) is 13.9. The van der Waals surface area contributed by atoms with Crippen molar-refractivity contribution >= 4 is 17.5 Å². The van der Waals surface area contributed by atoms with Crippen LogP contribution in [0.3, 0.4) is 0 Å². The fraction of sp³-hybridized carbons (Fsp3) is 0.316. The van der Waals surface area contributed by atoms with Crippen LogP contribution in [-0.4, -0.2) is 19.6 Å². The maximum absolute atomic E-state index is 12.4. The topological polar surface area (TPSA) is 38.3 Å². The summed E-state index contributed by atoms with van der Waals surface area (Å²) >= 11 is 6.06. The van der Waals surface area contributed by atoms with Gasteiger partial charge >= 0.3 is 0 Å². The Kier molecular flexibility index (Phi) is 5.45. The largest absolute Gasteiger partial charge is 0.372 e. The predicted molar refractivity (Wildman–Crippen MR) is 94.1 cm³/mol. The lowest BCUT2D eigenvalue weighted by Crippen LogP contribution is -2.40. The zero-order chi connectivity index (χ0) is 17.0. The first-order valence-electron chi connectivity index (χ1n) is 7.52. The lowest BCUT2D eigenvalue weighted by Gasteiger charge is -2.29. The first-order valence-corrected chi connectivity index (χ1v) is 7.90. The minimum Gasteiger partial charge on any atom is -0.372 e. The third kappa shape index (κ3) is 4.12. The van der Waals surface area contributed by atoms with E-state index in [0.29, 0.717) is 17.1 Å². The van der Waals surface area contributed by atoms with Gasteiger partial charge in [0.15, 0.2) is 0 Å². The van der Waals surface area contributed by atoms with Crippen molar-refractivity contribution in [3.63, 3.8) is 0 Å². The van der Waals surface area contributed by atoms with Gasteiger partial charge in [0.05, 0.1) is 6.54 Å². The summed E-state index contributed by atoms with van der Waals surface area (Å²) in [6.07, 6.45) is 0. The lowest BCUT2D eigenvalue weighted by molar-refractivity contribution is 0.00315. The molecule has 1 atom stereocenters. The van der Waals surface area contributed by atoms with Gasteiger partial charge in [0, 0.05) is 17.7 Å². The average molecular weight is 332 g/mol. The highest BCUT2D eigenvalue weighted by molar-refractivity contribution is 6.30. The summed E-state index contributed by atoms with van der Waals surface area (Å²) < 4.78 is 5.64. The molecule has 2 aromatic carbocycles. The Morgan fingerprint density at radius 2 is 1.96 bits per heavy atom. The van der Waals surface area contributed by atoms with Crippen molar-refractivity contribution in [3.05, 3.63) is 69.7 Å². The molecule has 2 aromatic rings. The smallest absolute Gasteiger partial charge is 0.251 e. The molecule has 0 aliphatic rings. The Hall–Kier alpha value is -1.84. The van der Waals surface area contributed by atoms with E-state index in [-0.39, 0.29) is 5.91 Å². The molecular formula is C19H22ClNO2. The van der Waals surface area contributed by atoms with Crippen molar-refractivity contribution in [2.24, 2.45) is 0 Å². The maximum Gasteiger partial charge on any atom is 0.251 e. The molecule has 0 radical (unpaired) electrons. The van der Waals surface area contributed by atoms with Gasteiger partial charge in [-0.3, -0.25) is 4.79 Å². The molecule has 1 N–H and O–H groups in total. The quantitative estimate of drug-likeness (QED) is 0.889. The second kappa shape index (κ2) is 7.16. The molecule has 0 aliphatic carbocycles. The van der Waals surface area contributed by atoms with Crippen LogP contribution in [0.25, 0.3) is 0 Å². The average Bonchev–Trinajstić information content (AvgIpc) is 2.52. The predicted octanol–water partition coefficient (Wildman–Crippen LogP) is 4.25. The van der Waals surface area contributed by atoms with Crippen LogP contribution in [0.15, 0.2) is 42.5 Å². The van der Waals surface area contributed by atoms with Gasteiger partial charge in [0.25, 0.3) is 5.91 Å². The molecule has 1 amide bonds. The van der Waals surface area contributed by atoms with E-state index in [0.717, 1.165) is 16.7 Å². The number of methoxy groups -OCH3 is 1. The molecule has 2 rings (SSSR count). The van der Waals surface area contributed by atoms with Gasteiger partial charge in [-0.2, -0.15) is 0 Å². The number of carbonyl (C=O) groups is 1. The summed E-state index contributed by atoms with van der Waals surface area (Å²) in [6.45, 7) is 6.24. The number of amides is 1. The summed E-state index contributed by atoms with van der Waals surface area (Å²) in [7, 11) is 1.63. The number of hydrogen-bond acceptors (Lipinski definition) is 2. The molecule has 0 fully saturated rings. The standard InChI is InChI=1S/C19H22ClNO2/c1-13-8-9-17(14(2)10-13)18(22)21-12-19(3,23-4)15-6-5-7-16(20)11-15/h5-11H,12H2,1-4H3,(H,21,22). The highest BCUT2D eigenvalue weighted by atomic mass is 35.5. The van der Waals surface area contributed by atoms with Crippen molar-refractivity contribution in [2.75, 3.05) is 13.7 Å². The minimum atomic E-state index is -0.640. The van der Waals surface area contributed by atoms with Gasteiger partial charge in [-0.15, -0.1) is 0 Å². The fourth-order valence-electron chi connectivity index (χ4n) is 2.52. The number of hydrogen-bond donors (Lipinski definition) is 1. The molecular weight excluding hydrogens is 310 g/mol. The number of carbonyl (C=O) groups excluding carboxylic acids is 1. The molecule has 0 aliphatic heterocycles. The first-order chi connectivity index (χ1) is 10.9. The minimum absolute atomic E-state index is 0.104. The van der Waals surface area contributed by atoms with Crippen LogP contribution in [0.2, 0.25) is 5.02 Å². The first kappa shape index (κ1) is 17.5. The van der Waals surface area contributed by atoms with Crippen LogP contribution in [0.5, 0.6) is 0 Å². The molecule has 0 spiro atoms. The Bertz CT molecular complexity index is 714. The summed E-state index contributed by atoms with van der Waals surface area (Å²) in [5.41, 5.74) is 3.07. The fourth-order valence-corrected chi connectivity index (χ4v) is 2.71. The van der Waals surface area contributed by atoms with Crippen LogP contribution in [0, 0.1) is 13.8 Å². The van der Waals surface area contributed by atoms with Gasteiger partial charge < -0.3 is 10.1 Å². The number of rotatable bonds is 5. The summed E-state index contributed by atoms with van der Waals surface area (Å²) in [5.74, 6) is -0.104. The Labute approximate surface area is 142 Å². The molecule has 122 valence electrons. The van der Waals surface area contributed by atoms with Crippen LogP contribution in [-0.2, 0) is 10.3 Å². The molecule has 0 heterocycles. The Morgan fingerprint density at radius 1 is 1.22 bits per heavy atom. The van der Waals surface area contributed by atoms with Gasteiger partial charge in [0.2, 0.25) is 0 Å². The lowest BCUT2D eigenvalue weighted by atomic mass is 9.95. The van der Waals surface area contributed by atoms with E-state index in [9.17, 15) is 4.79 Å². The third-order valence-corrected chi connectivity index (χ3v) is 4.33. The second-order valence-corrected chi connectivity index (χ2v) is 6.38. The van der Waals surface area contributed by atoms with Gasteiger partial charge in [-0.05, 0) is 50.1 Å². The third-order valence-electron chi connectivity index (χ3n) is 4.10. The molecule has 0 aromatic heterocycles. The van der Waals surface area contributed by atoms with E-state index in [2.05, 4.69) is 5.32 Å². The monoisotopic (exact) mass is 331 g/mol. The van der Waals surface area contributed by atoms with Crippen LogP contribution in [0.1, 0.15) is 34.0 Å². The molecule has 0 saturated carbocycles. The van der Waals surface area contributed by atoms with E-state index < -0.39 is 5.60 Å². The van der Waals surface area contributed by atoms with Gasteiger partial charge in [0.1, 0.15) is 5.60 Å². The molecule has 0 saturated heterocycles. The number of nitrogens with one attached hydrogen (secondary N) is 1. The van der Waals surface area contributed by atoms with Gasteiger partial charge in [-0.25, -0.2) is 0 Å². The summed E-state index contributed by atoms with van der Waals surface area (Å²) in [4.78, 5) is 12.4. The van der Waals surface area contributed by atoms with Crippen LogP contribution in [0.4, 0.5) is 0 Å². The number of aryl methyl sites for hydroxylation is 2. The molecule has 1 unspecified atom stereocenters. The normalized spacial score (nSPS) is 13.4. The molecule has 23 heavy (non-hydrogen) atoms. The van der Waals surface area contributed by atoms with E-state index in [4.69, 9.17) is 16.3 Å². The summed E-state index contributed by atoms with van der Waals surface area (Å²) in [5, 5.41) is 3.61. The molecule has 4 heteroatoms. The van der Waals surface area contributed by atoms with Crippen molar-refractivity contribution in [1.82, 2.24) is 5.32 Å². The highest BCUT2D eigenvalue weighted by Gasteiger charge is 2.27. The van der Waals surface area contributed by atoms with E-state index >= 15 is 0 Å². The number of halogens is 1. The Balaban J connectivity index is 2.15. The highest BCUT2D eigenvalue weighted by Crippen LogP contribution is 2.26. The Morgan fingerprint density at radius 3 is 2.57 bits per heavy atom. The number of benzene rings is 2. The van der Waals surface area contributed by atoms with Crippen LogP contribution >= 0.6 is 11.6 Å². The number of ether oxygens (including phenoxy) is 1. The van der Waals surface area contributed by atoms with Crippen molar-refractivity contribution in [2.45, 2.75) is 26.4 Å². The van der Waals surface area contributed by atoms with E-state index in [1.807, 2.05) is 63.2 Å². The van der Waals surface area contributed by atoms with Crippen molar-refractivity contribution in [3.8, 4) is 0 Å². The summed E-state index contributed by atoms with van der Waals surface area (Å²) in [6, 6.07) is 13.3. The van der Waals surface area contributed by atoms with E-state index in [1.165, 1.54) is 0 Å². The SMILES string of the molecule is COC(C)(CNC(=O)c1ccc(C)cc1C)c1cccc(Cl)c1. The van der Waals surface area contributed by atoms with Crippen molar-refractivity contribution < 1.29 is 9.53 Å². The van der Waals surface area contributed by atoms with Crippen LogP contribution < -0.4 is 5.32 Å². The second-order valence-electron chi connectivity index (χ2n) is 5.95. The maximum atomic E-state index is 12.4. The molecule has 3 nitrogen and oxygen atoms in total. The van der Waals surface area contributed by atoms with E-state index in [1.54, 1.807) is 7.11 Å². The van der Waals surface area contributed by atoms with Gasteiger partial charge in [-0.1, -0.05) is 41.4 Å². The zero-order valence-corrected chi connectivity index (χ0v) is 14.7. The molecule has 0 bridgehead atoms.